The summed E-state index contributed by atoms with van der Waals surface area (Å²) in [7, 11) is 0. The van der Waals surface area contributed by atoms with Crippen molar-refractivity contribution in [3.8, 4) is 56.4 Å². The maximum atomic E-state index is 5.17. The molecular formula is C43H27N3S. The lowest BCUT2D eigenvalue weighted by Gasteiger charge is -2.11. The van der Waals surface area contributed by atoms with Gasteiger partial charge in [0, 0.05) is 36.9 Å². The van der Waals surface area contributed by atoms with E-state index < -0.39 is 0 Å². The van der Waals surface area contributed by atoms with Crippen molar-refractivity contribution in [3.05, 3.63) is 164 Å². The number of thiophene rings is 1. The van der Waals surface area contributed by atoms with Crippen molar-refractivity contribution >= 4 is 42.3 Å². The molecule has 0 unspecified atom stereocenters. The summed E-state index contributed by atoms with van der Waals surface area (Å²) in [6.45, 7) is 0. The van der Waals surface area contributed by atoms with Gasteiger partial charge in [-0.3, -0.25) is 0 Å². The van der Waals surface area contributed by atoms with E-state index in [9.17, 15) is 0 Å². The highest BCUT2D eigenvalue weighted by molar-refractivity contribution is 7.26. The van der Waals surface area contributed by atoms with Gasteiger partial charge in [0.25, 0.3) is 0 Å². The van der Waals surface area contributed by atoms with Crippen LogP contribution in [0, 0.1) is 0 Å². The quantitative estimate of drug-likeness (QED) is 0.193. The van der Waals surface area contributed by atoms with Crippen molar-refractivity contribution in [2.75, 3.05) is 0 Å². The van der Waals surface area contributed by atoms with Crippen LogP contribution in [0.15, 0.2) is 164 Å². The van der Waals surface area contributed by atoms with Crippen LogP contribution in [0.2, 0.25) is 0 Å². The van der Waals surface area contributed by atoms with Gasteiger partial charge in [0.2, 0.25) is 0 Å². The molecule has 9 aromatic rings. The molecule has 0 atom stereocenters. The molecule has 0 saturated carbocycles. The number of fused-ring (bicyclic) bond motifs is 4. The normalized spacial score (nSPS) is 11.4. The lowest BCUT2D eigenvalue weighted by Crippen LogP contribution is -2.00. The van der Waals surface area contributed by atoms with E-state index in [1.807, 2.05) is 12.1 Å². The average molecular weight is 618 g/mol. The molecule has 47 heavy (non-hydrogen) atoms. The van der Waals surface area contributed by atoms with Gasteiger partial charge in [-0.05, 0) is 63.4 Å². The Morgan fingerprint density at radius 1 is 0.340 bits per heavy atom. The summed E-state index contributed by atoms with van der Waals surface area (Å²) >= 11 is 1.79. The number of hydrogen-bond acceptors (Lipinski definition) is 4. The Kier molecular flexibility index (Phi) is 6.65. The van der Waals surface area contributed by atoms with E-state index in [-0.39, 0.29) is 0 Å². The molecule has 0 aliphatic heterocycles. The van der Waals surface area contributed by atoms with Gasteiger partial charge < -0.3 is 0 Å². The minimum atomic E-state index is 0.652. The molecule has 0 aliphatic rings. The highest BCUT2D eigenvalue weighted by atomic mass is 32.1. The summed E-state index contributed by atoms with van der Waals surface area (Å²) in [6.07, 6.45) is 0. The summed E-state index contributed by atoms with van der Waals surface area (Å²) < 4.78 is 2.43. The van der Waals surface area contributed by atoms with Crippen LogP contribution in [0.4, 0.5) is 0 Å². The summed E-state index contributed by atoms with van der Waals surface area (Å²) in [4.78, 5) is 15.5. The van der Waals surface area contributed by atoms with Crippen molar-refractivity contribution in [1.82, 2.24) is 15.0 Å². The van der Waals surface area contributed by atoms with Crippen LogP contribution < -0.4 is 0 Å². The van der Waals surface area contributed by atoms with Crippen LogP contribution in [0.1, 0.15) is 0 Å². The monoisotopic (exact) mass is 617 g/mol. The Morgan fingerprint density at radius 3 is 1.64 bits per heavy atom. The van der Waals surface area contributed by atoms with Gasteiger partial charge in [-0.25, -0.2) is 15.0 Å². The number of nitrogens with zero attached hydrogens (tertiary/aromatic N) is 3. The van der Waals surface area contributed by atoms with E-state index in [4.69, 9.17) is 15.0 Å². The molecule has 0 fully saturated rings. The number of rotatable bonds is 5. The maximum absolute atomic E-state index is 5.17. The Labute approximate surface area is 276 Å². The minimum absolute atomic E-state index is 0.652. The molecule has 0 N–H and O–H groups in total. The van der Waals surface area contributed by atoms with Crippen molar-refractivity contribution in [3.63, 3.8) is 0 Å². The molecule has 2 aromatic heterocycles. The standard InChI is InChI=1S/C43H27N3S/c1-3-11-28(12-4-1)31-15-9-16-33(25-31)41-44-42(34-24-22-30-21-23-32(26-35(30)27-34)29-13-5-2-6-14-29)46-43(45-41)38-19-10-18-37-36-17-7-8-20-39(36)47-40(37)38/h1-27H. The summed E-state index contributed by atoms with van der Waals surface area (Å²) in [5, 5.41) is 4.79. The largest absolute Gasteiger partial charge is 0.208 e. The second-order valence-corrected chi connectivity index (χ2v) is 12.7. The Balaban J connectivity index is 1.25. The molecular weight excluding hydrogens is 591 g/mol. The third-order valence-corrected chi connectivity index (χ3v) is 9.93. The van der Waals surface area contributed by atoms with Gasteiger partial charge in [-0.2, -0.15) is 0 Å². The molecule has 0 aliphatic carbocycles. The minimum Gasteiger partial charge on any atom is -0.208 e. The average Bonchev–Trinajstić information content (AvgIpc) is 3.54. The molecule has 0 saturated heterocycles. The molecule has 220 valence electrons. The van der Waals surface area contributed by atoms with E-state index >= 15 is 0 Å². The lowest BCUT2D eigenvalue weighted by atomic mass is 9.99. The second kappa shape index (κ2) is 11.4. The fraction of sp³-hybridized carbons (Fsp3) is 0. The predicted octanol–water partition coefficient (Wildman–Crippen LogP) is 11.7. The molecule has 3 nitrogen and oxygen atoms in total. The first-order valence-electron chi connectivity index (χ1n) is 15.7. The summed E-state index contributed by atoms with van der Waals surface area (Å²) in [5.74, 6) is 1.98. The number of hydrogen-bond donors (Lipinski definition) is 0. The molecule has 0 amide bonds. The van der Waals surface area contributed by atoms with Crippen LogP contribution in [-0.4, -0.2) is 15.0 Å². The van der Waals surface area contributed by atoms with Crippen molar-refractivity contribution in [1.29, 1.82) is 0 Å². The van der Waals surface area contributed by atoms with Crippen LogP contribution in [0.5, 0.6) is 0 Å². The molecule has 9 rings (SSSR count). The zero-order valence-electron chi connectivity index (χ0n) is 25.3. The van der Waals surface area contributed by atoms with Crippen LogP contribution in [0.25, 0.3) is 87.4 Å². The van der Waals surface area contributed by atoms with Gasteiger partial charge in [-0.1, -0.05) is 133 Å². The molecule has 0 radical (unpaired) electrons. The molecule has 4 heteroatoms. The first-order chi connectivity index (χ1) is 23.3. The highest BCUT2D eigenvalue weighted by Crippen LogP contribution is 2.40. The molecule has 2 heterocycles. The lowest BCUT2D eigenvalue weighted by molar-refractivity contribution is 1.08. The van der Waals surface area contributed by atoms with Gasteiger partial charge in [0.15, 0.2) is 17.5 Å². The SMILES string of the molecule is c1ccc(-c2cccc(-c3nc(-c4ccc5ccc(-c6ccccc6)cc5c4)nc(-c4cccc5c4sc4ccccc45)n3)c2)cc1. The molecule has 7 aromatic carbocycles. The van der Waals surface area contributed by atoms with Crippen molar-refractivity contribution in [2.24, 2.45) is 0 Å². The van der Waals surface area contributed by atoms with Crippen LogP contribution >= 0.6 is 11.3 Å². The Hall–Kier alpha value is -5.97. The van der Waals surface area contributed by atoms with Gasteiger partial charge in [0.05, 0.1) is 0 Å². The summed E-state index contributed by atoms with van der Waals surface area (Å²) in [6, 6.07) is 57.5. The van der Waals surface area contributed by atoms with Gasteiger partial charge in [-0.15, -0.1) is 11.3 Å². The van der Waals surface area contributed by atoms with E-state index in [0.717, 1.165) is 33.2 Å². The van der Waals surface area contributed by atoms with Crippen molar-refractivity contribution in [2.45, 2.75) is 0 Å². The maximum Gasteiger partial charge on any atom is 0.165 e. The molecule has 0 bridgehead atoms. The van der Waals surface area contributed by atoms with E-state index in [0.29, 0.717) is 17.5 Å². The zero-order valence-corrected chi connectivity index (χ0v) is 26.2. The first-order valence-corrected chi connectivity index (χ1v) is 16.5. The Morgan fingerprint density at radius 2 is 0.872 bits per heavy atom. The third kappa shape index (κ3) is 5.05. The summed E-state index contributed by atoms with van der Waals surface area (Å²) in [5.41, 5.74) is 7.57. The van der Waals surface area contributed by atoms with E-state index in [1.54, 1.807) is 11.3 Å². The fourth-order valence-corrected chi connectivity index (χ4v) is 7.55. The van der Waals surface area contributed by atoms with Gasteiger partial charge in [0.1, 0.15) is 0 Å². The Bertz CT molecular complexity index is 2570. The van der Waals surface area contributed by atoms with Crippen molar-refractivity contribution < 1.29 is 0 Å². The predicted molar refractivity (Wildman–Crippen MR) is 197 cm³/mol. The fourth-order valence-electron chi connectivity index (χ4n) is 6.34. The van der Waals surface area contributed by atoms with E-state index in [1.165, 1.54) is 36.7 Å². The topological polar surface area (TPSA) is 38.7 Å². The smallest absolute Gasteiger partial charge is 0.165 e. The second-order valence-electron chi connectivity index (χ2n) is 11.7. The van der Waals surface area contributed by atoms with Gasteiger partial charge >= 0.3 is 0 Å². The van der Waals surface area contributed by atoms with Crippen LogP contribution in [0.3, 0.4) is 0 Å². The molecule has 0 spiro atoms. The number of aromatic nitrogens is 3. The third-order valence-electron chi connectivity index (χ3n) is 8.71. The van der Waals surface area contributed by atoms with E-state index in [2.05, 4.69) is 152 Å². The van der Waals surface area contributed by atoms with Crippen LogP contribution in [-0.2, 0) is 0 Å². The number of benzene rings is 7. The zero-order chi connectivity index (χ0) is 31.2. The first kappa shape index (κ1) is 27.3. The highest BCUT2D eigenvalue weighted by Gasteiger charge is 2.17.